The lowest BCUT2D eigenvalue weighted by atomic mass is 9.99. The molecule has 0 aromatic carbocycles. The molecular formula is C15H29N3. The first-order valence-corrected chi connectivity index (χ1v) is 7.36. The Morgan fingerprint density at radius 1 is 1.22 bits per heavy atom. The maximum absolute atomic E-state index is 4.69. The van der Waals surface area contributed by atoms with Crippen LogP contribution in [0.25, 0.3) is 0 Å². The van der Waals surface area contributed by atoms with E-state index in [1.54, 1.807) is 0 Å². The highest BCUT2D eigenvalue weighted by Gasteiger charge is 2.16. The minimum atomic E-state index is 0.548. The predicted octanol–water partition coefficient (Wildman–Crippen LogP) is 3.40. The molecule has 0 saturated heterocycles. The first-order valence-electron chi connectivity index (χ1n) is 7.36. The van der Waals surface area contributed by atoms with E-state index in [0.29, 0.717) is 5.92 Å². The normalized spacial score (nSPS) is 12.9. The first kappa shape index (κ1) is 15.2. The van der Waals surface area contributed by atoms with Gasteiger partial charge < -0.3 is 5.32 Å². The van der Waals surface area contributed by atoms with Gasteiger partial charge in [-0.25, -0.2) is 0 Å². The molecule has 18 heavy (non-hydrogen) atoms. The van der Waals surface area contributed by atoms with Gasteiger partial charge in [-0.05, 0) is 44.7 Å². The van der Waals surface area contributed by atoms with Crippen LogP contribution in [0.1, 0.15) is 62.9 Å². The van der Waals surface area contributed by atoms with Gasteiger partial charge in [-0.2, -0.15) is 5.10 Å². The van der Waals surface area contributed by atoms with Gasteiger partial charge in [0.2, 0.25) is 0 Å². The molecule has 3 heteroatoms. The number of nitrogens with zero attached hydrogens (tertiary/aromatic N) is 2. The Labute approximate surface area is 112 Å². The van der Waals surface area contributed by atoms with Gasteiger partial charge in [0, 0.05) is 18.8 Å². The molecule has 1 rings (SSSR count). The van der Waals surface area contributed by atoms with Gasteiger partial charge in [-0.15, -0.1) is 0 Å². The minimum Gasteiger partial charge on any atom is -0.316 e. The molecule has 1 heterocycles. The van der Waals surface area contributed by atoms with Gasteiger partial charge >= 0.3 is 0 Å². The maximum Gasteiger partial charge on any atom is 0.0631 e. The van der Waals surface area contributed by atoms with Crippen molar-refractivity contribution in [1.29, 1.82) is 0 Å². The molecule has 0 fully saturated rings. The highest BCUT2D eigenvalue weighted by atomic mass is 15.3. The van der Waals surface area contributed by atoms with Crippen LogP contribution in [0, 0.1) is 13.8 Å². The molecule has 104 valence electrons. The zero-order valence-electron chi connectivity index (χ0n) is 12.7. The zero-order valence-corrected chi connectivity index (χ0v) is 12.7. The number of rotatable bonds is 8. The minimum absolute atomic E-state index is 0.548. The molecule has 0 aliphatic carbocycles. The maximum atomic E-state index is 4.69. The molecule has 0 aliphatic heterocycles. The molecule has 0 bridgehead atoms. The molecular weight excluding hydrogens is 222 g/mol. The summed E-state index contributed by atoms with van der Waals surface area (Å²) in [7, 11) is 0. The standard InChI is InChI=1S/C15H29N3/c1-6-8-10-18-14(5)15(13(4)17-18)12(3)11-16-9-7-2/h12,16H,6-11H2,1-5H3. The van der Waals surface area contributed by atoms with E-state index in [1.165, 1.54) is 36.2 Å². The second kappa shape index (κ2) is 7.57. The topological polar surface area (TPSA) is 29.9 Å². The van der Waals surface area contributed by atoms with Crippen molar-refractivity contribution < 1.29 is 0 Å². The third-order valence-electron chi connectivity index (χ3n) is 3.53. The van der Waals surface area contributed by atoms with Crippen LogP contribution < -0.4 is 5.32 Å². The van der Waals surface area contributed by atoms with Crippen molar-refractivity contribution in [2.75, 3.05) is 13.1 Å². The largest absolute Gasteiger partial charge is 0.316 e. The van der Waals surface area contributed by atoms with Crippen molar-refractivity contribution in [3.8, 4) is 0 Å². The molecule has 1 aromatic heterocycles. The lowest BCUT2D eigenvalue weighted by Crippen LogP contribution is -2.21. The monoisotopic (exact) mass is 251 g/mol. The number of nitrogens with one attached hydrogen (secondary N) is 1. The van der Waals surface area contributed by atoms with Gasteiger partial charge in [0.05, 0.1) is 5.69 Å². The lowest BCUT2D eigenvalue weighted by molar-refractivity contribution is 0.553. The zero-order chi connectivity index (χ0) is 13.5. The summed E-state index contributed by atoms with van der Waals surface area (Å²) in [6.07, 6.45) is 3.63. The molecule has 0 radical (unpaired) electrons. The summed E-state index contributed by atoms with van der Waals surface area (Å²) in [5, 5.41) is 8.19. The van der Waals surface area contributed by atoms with Gasteiger partial charge in [0.1, 0.15) is 0 Å². The predicted molar refractivity (Wildman–Crippen MR) is 78.2 cm³/mol. The SMILES string of the molecule is CCCCn1nc(C)c(C(C)CNCCC)c1C. The average Bonchev–Trinajstić information content (AvgIpc) is 2.62. The third-order valence-corrected chi connectivity index (χ3v) is 3.53. The lowest BCUT2D eigenvalue weighted by Gasteiger charge is -2.13. The number of unbranched alkanes of at least 4 members (excludes halogenated alkanes) is 1. The number of hydrogen-bond acceptors (Lipinski definition) is 2. The average molecular weight is 251 g/mol. The van der Waals surface area contributed by atoms with E-state index in [0.717, 1.165) is 19.6 Å². The van der Waals surface area contributed by atoms with Crippen LogP contribution in [0.5, 0.6) is 0 Å². The molecule has 0 aliphatic rings. The van der Waals surface area contributed by atoms with E-state index in [-0.39, 0.29) is 0 Å². The summed E-state index contributed by atoms with van der Waals surface area (Å²) >= 11 is 0. The van der Waals surface area contributed by atoms with E-state index in [1.807, 2.05) is 0 Å². The Morgan fingerprint density at radius 2 is 1.94 bits per heavy atom. The first-order chi connectivity index (χ1) is 8.61. The fraction of sp³-hybridized carbons (Fsp3) is 0.800. The fourth-order valence-corrected chi connectivity index (χ4v) is 2.55. The molecule has 1 aromatic rings. The summed E-state index contributed by atoms with van der Waals surface area (Å²) in [6, 6.07) is 0. The Morgan fingerprint density at radius 3 is 2.56 bits per heavy atom. The summed E-state index contributed by atoms with van der Waals surface area (Å²) in [4.78, 5) is 0. The Kier molecular flexibility index (Phi) is 6.41. The van der Waals surface area contributed by atoms with E-state index in [2.05, 4.69) is 49.7 Å². The van der Waals surface area contributed by atoms with Gasteiger partial charge in [0.15, 0.2) is 0 Å². The van der Waals surface area contributed by atoms with Crippen LogP contribution in [0.4, 0.5) is 0 Å². The molecule has 1 atom stereocenters. The van der Waals surface area contributed by atoms with Crippen LogP contribution in [0.2, 0.25) is 0 Å². The summed E-state index contributed by atoms with van der Waals surface area (Å²) in [5.74, 6) is 0.548. The molecule has 0 spiro atoms. The number of hydrogen-bond donors (Lipinski definition) is 1. The fourth-order valence-electron chi connectivity index (χ4n) is 2.55. The molecule has 1 unspecified atom stereocenters. The van der Waals surface area contributed by atoms with Crippen LogP contribution in [-0.2, 0) is 6.54 Å². The quantitative estimate of drug-likeness (QED) is 0.718. The second-order valence-electron chi connectivity index (χ2n) is 5.27. The van der Waals surface area contributed by atoms with Crippen LogP contribution in [-0.4, -0.2) is 22.9 Å². The van der Waals surface area contributed by atoms with E-state index < -0.39 is 0 Å². The van der Waals surface area contributed by atoms with E-state index >= 15 is 0 Å². The Hall–Kier alpha value is -0.830. The summed E-state index contributed by atoms with van der Waals surface area (Å²) < 4.78 is 2.19. The van der Waals surface area contributed by atoms with Crippen LogP contribution >= 0.6 is 0 Å². The Balaban J connectivity index is 2.72. The van der Waals surface area contributed by atoms with Crippen molar-refractivity contribution in [3.05, 3.63) is 17.0 Å². The van der Waals surface area contributed by atoms with Crippen LogP contribution in [0.15, 0.2) is 0 Å². The summed E-state index contributed by atoms with van der Waals surface area (Å²) in [6.45, 7) is 14.3. The van der Waals surface area contributed by atoms with Crippen molar-refractivity contribution in [2.45, 2.75) is 66.3 Å². The number of aromatic nitrogens is 2. The van der Waals surface area contributed by atoms with Crippen molar-refractivity contribution in [2.24, 2.45) is 0 Å². The molecule has 3 nitrogen and oxygen atoms in total. The third kappa shape index (κ3) is 3.84. The molecule has 0 saturated carbocycles. The highest BCUT2D eigenvalue weighted by Crippen LogP contribution is 2.23. The number of aryl methyl sites for hydroxylation is 2. The summed E-state index contributed by atoms with van der Waals surface area (Å²) in [5.41, 5.74) is 4.00. The van der Waals surface area contributed by atoms with Crippen molar-refractivity contribution in [3.63, 3.8) is 0 Å². The van der Waals surface area contributed by atoms with Gasteiger partial charge in [-0.3, -0.25) is 4.68 Å². The smallest absolute Gasteiger partial charge is 0.0631 e. The van der Waals surface area contributed by atoms with E-state index in [9.17, 15) is 0 Å². The Bertz CT molecular complexity index is 355. The highest BCUT2D eigenvalue weighted by molar-refractivity contribution is 5.28. The second-order valence-corrected chi connectivity index (χ2v) is 5.27. The van der Waals surface area contributed by atoms with Gasteiger partial charge in [0.25, 0.3) is 0 Å². The molecule has 0 amide bonds. The van der Waals surface area contributed by atoms with Crippen molar-refractivity contribution in [1.82, 2.24) is 15.1 Å². The molecule has 1 N–H and O–H groups in total. The van der Waals surface area contributed by atoms with Crippen LogP contribution in [0.3, 0.4) is 0 Å². The van der Waals surface area contributed by atoms with Crippen molar-refractivity contribution >= 4 is 0 Å². The van der Waals surface area contributed by atoms with E-state index in [4.69, 9.17) is 0 Å². The van der Waals surface area contributed by atoms with Gasteiger partial charge in [-0.1, -0.05) is 27.2 Å².